The van der Waals surface area contributed by atoms with Gasteiger partial charge in [-0.1, -0.05) is 13.8 Å². The molecule has 0 spiro atoms. The standard InChI is InChI=1S/C24H29N7S/c1-17(2)22-15-26-24(32-22)29-23-7-6-20-21(28-23)12-18(13-25-20)19-14-27-31(16-19)11-5-10-30-8-3-4-9-30/h6-7,12-17H,3-5,8-11H2,1-2H3,(H,26,28,29). The minimum Gasteiger partial charge on any atom is -0.316 e. The van der Waals surface area contributed by atoms with Gasteiger partial charge in [0.05, 0.1) is 17.2 Å². The summed E-state index contributed by atoms with van der Waals surface area (Å²) < 4.78 is 2.04. The molecule has 8 heteroatoms. The molecule has 0 aliphatic carbocycles. The number of likely N-dealkylation sites (tertiary alicyclic amines) is 1. The van der Waals surface area contributed by atoms with Gasteiger partial charge in [-0.15, -0.1) is 11.3 Å². The summed E-state index contributed by atoms with van der Waals surface area (Å²) in [5, 5.41) is 8.75. The van der Waals surface area contributed by atoms with E-state index in [-0.39, 0.29) is 0 Å². The first-order valence-electron chi connectivity index (χ1n) is 11.4. The zero-order chi connectivity index (χ0) is 21.9. The summed E-state index contributed by atoms with van der Waals surface area (Å²) in [6.45, 7) is 8.94. The molecule has 0 atom stereocenters. The number of aromatic nitrogens is 5. The Morgan fingerprint density at radius 2 is 1.88 bits per heavy atom. The molecule has 32 heavy (non-hydrogen) atoms. The van der Waals surface area contributed by atoms with Gasteiger partial charge < -0.3 is 10.2 Å². The van der Waals surface area contributed by atoms with E-state index in [1.54, 1.807) is 11.3 Å². The second-order valence-electron chi connectivity index (χ2n) is 8.70. The van der Waals surface area contributed by atoms with Crippen molar-refractivity contribution < 1.29 is 0 Å². The van der Waals surface area contributed by atoms with E-state index in [1.807, 2.05) is 35.4 Å². The Morgan fingerprint density at radius 3 is 2.69 bits per heavy atom. The molecule has 166 valence electrons. The highest BCUT2D eigenvalue weighted by molar-refractivity contribution is 7.15. The zero-order valence-corrected chi connectivity index (χ0v) is 19.5. The summed E-state index contributed by atoms with van der Waals surface area (Å²) in [5.41, 5.74) is 3.83. The van der Waals surface area contributed by atoms with Crippen LogP contribution in [0.5, 0.6) is 0 Å². The number of rotatable bonds is 8. The molecule has 4 aromatic rings. The molecule has 7 nitrogen and oxygen atoms in total. The zero-order valence-electron chi connectivity index (χ0n) is 18.7. The molecule has 0 aromatic carbocycles. The fourth-order valence-corrected chi connectivity index (χ4v) is 4.88. The van der Waals surface area contributed by atoms with Gasteiger partial charge in [0.2, 0.25) is 0 Å². The SMILES string of the molecule is CC(C)c1cnc(Nc2ccc3ncc(-c4cnn(CCCN5CCCC5)c4)cc3n2)s1. The van der Waals surface area contributed by atoms with Crippen molar-refractivity contribution in [2.75, 3.05) is 25.0 Å². The van der Waals surface area contributed by atoms with Gasteiger partial charge in [0, 0.05) is 41.1 Å². The molecule has 1 aliphatic heterocycles. The van der Waals surface area contributed by atoms with E-state index >= 15 is 0 Å². The summed E-state index contributed by atoms with van der Waals surface area (Å²) in [5.74, 6) is 1.25. The van der Waals surface area contributed by atoms with E-state index in [0.29, 0.717) is 5.92 Å². The van der Waals surface area contributed by atoms with Gasteiger partial charge in [0.25, 0.3) is 0 Å². The van der Waals surface area contributed by atoms with Crippen molar-refractivity contribution in [1.29, 1.82) is 0 Å². The van der Waals surface area contributed by atoms with Crippen LogP contribution in [-0.4, -0.2) is 49.3 Å². The van der Waals surface area contributed by atoms with Crippen LogP contribution >= 0.6 is 11.3 Å². The van der Waals surface area contributed by atoms with Crippen LogP contribution in [0.15, 0.2) is 43.0 Å². The van der Waals surface area contributed by atoms with E-state index in [4.69, 9.17) is 4.98 Å². The fraction of sp³-hybridized carbons (Fsp3) is 0.417. The van der Waals surface area contributed by atoms with E-state index in [2.05, 4.69) is 51.4 Å². The molecule has 4 aromatic heterocycles. The van der Waals surface area contributed by atoms with Crippen LogP contribution in [0.3, 0.4) is 0 Å². The Balaban J connectivity index is 1.28. The quantitative estimate of drug-likeness (QED) is 0.395. The predicted molar refractivity (Wildman–Crippen MR) is 131 cm³/mol. The Bertz CT molecular complexity index is 1190. The van der Waals surface area contributed by atoms with Crippen LogP contribution in [0.2, 0.25) is 0 Å². The number of nitrogens with zero attached hydrogens (tertiary/aromatic N) is 6. The summed E-state index contributed by atoms with van der Waals surface area (Å²) in [6.07, 6.45) is 11.7. The van der Waals surface area contributed by atoms with Crippen LogP contribution in [0.1, 0.15) is 43.9 Å². The normalized spacial score (nSPS) is 14.6. The molecular formula is C24H29N7S. The van der Waals surface area contributed by atoms with Gasteiger partial charge in [-0.3, -0.25) is 9.67 Å². The van der Waals surface area contributed by atoms with Crippen LogP contribution in [0.4, 0.5) is 10.9 Å². The van der Waals surface area contributed by atoms with Gasteiger partial charge in [-0.25, -0.2) is 9.97 Å². The fourth-order valence-electron chi connectivity index (χ4n) is 4.05. The summed E-state index contributed by atoms with van der Waals surface area (Å²) >= 11 is 1.67. The summed E-state index contributed by atoms with van der Waals surface area (Å²) in [4.78, 5) is 17.7. The van der Waals surface area contributed by atoms with Gasteiger partial charge in [0.15, 0.2) is 5.13 Å². The number of fused-ring (bicyclic) bond motifs is 1. The van der Waals surface area contributed by atoms with E-state index in [9.17, 15) is 0 Å². The van der Waals surface area contributed by atoms with Crippen molar-refractivity contribution in [2.45, 2.75) is 45.6 Å². The predicted octanol–water partition coefficient (Wildman–Crippen LogP) is 5.30. The molecule has 1 saturated heterocycles. The van der Waals surface area contributed by atoms with E-state index in [1.165, 1.54) is 30.8 Å². The third-order valence-electron chi connectivity index (χ3n) is 5.89. The smallest absolute Gasteiger partial charge is 0.188 e. The lowest BCUT2D eigenvalue weighted by molar-refractivity contribution is 0.322. The van der Waals surface area contributed by atoms with E-state index < -0.39 is 0 Å². The Hall–Kier alpha value is -2.84. The summed E-state index contributed by atoms with van der Waals surface area (Å²) in [6, 6.07) is 6.03. The molecule has 0 unspecified atom stereocenters. The maximum absolute atomic E-state index is 4.77. The first-order valence-corrected chi connectivity index (χ1v) is 12.2. The average Bonchev–Trinajstić information content (AvgIpc) is 3.56. The molecule has 1 fully saturated rings. The second kappa shape index (κ2) is 9.34. The van der Waals surface area contributed by atoms with E-state index in [0.717, 1.165) is 52.6 Å². The van der Waals surface area contributed by atoms with Crippen molar-refractivity contribution in [3.8, 4) is 11.1 Å². The lowest BCUT2D eigenvalue weighted by atomic mass is 10.1. The number of hydrogen-bond acceptors (Lipinski definition) is 7. The van der Waals surface area contributed by atoms with Crippen LogP contribution in [0, 0.1) is 0 Å². The number of aryl methyl sites for hydroxylation is 1. The first kappa shape index (κ1) is 21.0. The number of thiazole rings is 1. The molecule has 0 radical (unpaired) electrons. The Labute approximate surface area is 192 Å². The van der Waals surface area contributed by atoms with Crippen LogP contribution in [0.25, 0.3) is 22.2 Å². The largest absolute Gasteiger partial charge is 0.316 e. The lowest BCUT2D eigenvalue weighted by Crippen LogP contribution is -2.21. The minimum atomic E-state index is 0.473. The highest BCUT2D eigenvalue weighted by Gasteiger charge is 2.11. The monoisotopic (exact) mass is 447 g/mol. The number of anilines is 2. The molecular weight excluding hydrogens is 418 g/mol. The highest BCUT2D eigenvalue weighted by atomic mass is 32.1. The molecule has 1 N–H and O–H groups in total. The summed E-state index contributed by atoms with van der Waals surface area (Å²) in [7, 11) is 0. The maximum atomic E-state index is 4.77. The van der Waals surface area contributed by atoms with Crippen molar-refractivity contribution >= 4 is 33.3 Å². The average molecular weight is 448 g/mol. The number of hydrogen-bond donors (Lipinski definition) is 1. The van der Waals surface area contributed by atoms with Gasteiger partial charge >= 0.3 is 0 Å². The van der Waals surface area contributed by atoms with Crippen molar-refractivity contribution in [3.63, 3.8) is 0 Å². The Kier molecular flexibility index (Phi) is 6.14. The second-order valence-corrected chi connectivity index (χ2v) is 9.76. The molecule has 0 saturated carbocycles. The van der Waals surface area contributed by atoms with Crippen LogP contribution in [-0.2, 0) is 6.54 Å². The minimum absolute atomic E-state index is 0.473. The highest BCUT2D eigenvalue weighted by Crippen LogP contribution is 2.28. The number of pyridine rings is 2. The van der Waals surface area contributed by atoms with Gasteiger partial charge in [-0.05, 0) is 63.0 Å². The molecule has 5 rings (SSSR count). The third-order valence-corrected chi connectivity index (χ3v) is 7.11. The van der Waals surface area contributed by atoms with Crippen LogP contribution < -0.4 is 5.32 Å². The topological polar surface area (TPSA) is 71.8 Å². The van der Waals surface area contributed by atoms with Crippen molar-refractivity contribution in [1.82, 2.24) is 29.6 Å². The first-order chi connectivity index (χ1) is 15.6. The molecule has 0 bridgehead atoms. The molecule has 0 amide bonds. The van der Waals surface area contributed by atoms with Crippen molar-refractivity contribution in [3.05, 3.63) is 47.9 Å². The maximum Gasteiger partial charge on any atom is 0.188 e. The lowest BCUT2D eigenvalue weighted by Gasteiger charge is -2.13. The number of nitrogens with one attached hydrogen (secondary N) is 1. The van der Waals surface area contributed by atoms with Crippen molar-refractivity contribution in [2.24, 2.45) is 0 Å². The Morgan fingerprint density at radius 1 is 1.00 bits per heavy atom. The van der Waals surface area contributed by atoms with Gasteiger partial charge in [-0.2, -0.15) is 5.10 Å². The molecule has 5 heterocycles. The van der Waals surface area contributed by atoms with Gasteiger partial charge in [0.1, 0.15) is 5.82 Å². The third kappa shape index (κ3) is 4.81. The molecule has 1 aliphatic rings.